The van der Waals surface area contributed by atoms with Crippen LogP contribution in [0.4, 0.5) is 11.9 Å². The molecule has 1 aliphatic carbocycles. The second-order valence-electron chi connectivity index (χ2n) is 5.79. The predicted molar refractivity (Wildman–Crippen MR) is 84.2 cm³/mol. The second-order valence-corrected chi connectivity index (χ2v) is 6.22. The van der Waals surface area contributed by atoms with Crippen LogP contribution in [-0.4, -0.2) is 26.6 Å². The van der Waals surface area contributed by atoms with Gasteiger partial charge in [-0.3, -0.25) is 20.2 Å². The summed E-state index contributed by atoms with van der Waals surface area (Å²) in [6.45, 7) is 0. The van der Waals surface area contributed by atoms with E-state index in [0.29, 0.717) is 11.0 Å². The molecule has 2 N–H and O–H groups in total. The Kier molecular flexibility index (Phi) is 3.30. The average Bonchev–Trinajstić information content (AvgIpc) is 3.29. The zero-order valence-corrected chi connectivity index (χ0v) is 12.9. The summed E-state index contributed by atoms with van der Waals surface area (Å²) in [7, 11) is 0. The highest BCUT2D eigenvalue weighted by molar-refractivity contribution is 6.30. The molecule has 1 fully saturated rings. The third kappa shape index (κ3) is 2.79. The fraction of sp³-hybridized carbons (Fsp3) is 0.333. The molecule has 7 nitrogen and oxygen atoms in total. The monoisotopic (exact) mass is 331 g/mol. The number of benzene rings is 1. The van der Waals surface area contributed by atoms with Crippen molar-refractivity contribution < 1.29 is 9.59 Å². The second kappa shape index (κ2) is 5.34. The van der Waals surface area contributed by atoms with Gasteiger partial charge in [-0.25, -0.2) is 4.68 Å². The third-order valence-electron chi connectivity index (χ3n) is 3.99. The number of fused-ring (bicyclic) bond motifs is 1. The Morgan fingerprint density at radius 1 is 1.30 bits per heavy atom. The van der Waals surface area contributed by atoms with Gasteiger partial charge in [0.05, 0.1) is 12.5 Å². The van der Waals surface area contributed by atoms with Crippen molar-refractivity contribution in [3.63, 3.8) is 0 Å². The molecule has 2 heterocycles. The summed E-state index contributed by atoms with van der Waals surface area (Å²) >= 11 is 5.91. The van der Waals surface area contributed by atoms with Crippen LogP contribution < -0.4 is 10.6 Å². The first kappa shape index (κ1) is 14.2. The lowest BCUT2D eigenvalue weighted by Crippen LogP contribution is -2.29. The van der Waals surface area contributed by atoms with Crippen LogP contribution in [0.25, 0.3) is 0 Å². The number of nitrogens with zero attached hydrogens (tertiary/aromatic N) is 3. The summed E-state index contributed by atoms with van der Waals surface area (Å²) < 4.78 is 1.63. The highest BCUT2D eigenvalue weighted by Crippen LogP contribution is 2.32. The Balaban J connectivity index is 1.65. The number of carbonyl (C=O) groups is 2. The number of rotatable bonds is 3. The summed E-state index contributed by atoms with van der Waals surface area (Å²) in [6, 6.07) is 7.00. The number of hydrogen-bond acceptors (Lipinski definition) is 4. The Morgan fingerprint density at radius 2 is 2.04 bits per heavy atom. The number of hydrogen-bond donors (Lipinski definition) is 2. The average molecular weight is 332 g/mol. The van der Waals surface area contributed by atoms with Crippen LogP contribution in [0, 0.1) is 5.92 Å². The summed E-state index contributed by atoms with van der Waals surface area (Å²) in [5.41, 5.74) is 0.912. The van der Waals surface area contributed by atoms with E-state index in [1.165, 1.54) is 0 Å². The fourth-order valence-corrected chi connectivity index (χ4v) is 2.74. The molecule has 4 rings (SSSR count). The van der Waals surface area contributed by atoms with Gasteiger partial charge in [-0.2, -0.15) is 4.98 Å². The first-order valence-electron chi connectivity index (χ1n) is 7.43. The van der Waals surface area contributed by atoms with Crippen LogP contribution in [-0.2, 0) is 9.59 Å². The molecule has 2 amide bonds. The van der Waals surface area contributed by atoms with E-state index in [2.05, 4.69) is 20.7 Å². The van der Waals surface area contributed by atoms with E-state index in [-0.39, 0.29) is 36.1 Å². The highest BCUT2D eigenvalue weighted by atomic mass is 35.5. The largest absolute Gasteiger partial charge is 0.295 e. The lowest BCUT2D eigenvalue weighted by Gasteiger charge is -2.23. The van der Waals surface area contributed by atoms with Gasteiger partial charge < -0.3 is 0 Å². The maximum Gasteiger partial charge on any atom is 0.250 e. The maximum absolute atomic E-state index is 11.9. The SMILES string of the molecule is O=C1CC(c2ccc(Cl)cc2)n2nc(NC(=O)C3CC3)nc2N1. The lowest BCUT2D eigenvalue weighted by atomic mass is 10.0. The highest BCUT2D eigenvalue weighted by Gasteiger charge is 2.32. The quantitative estimate of drug-likeness (QED) is 0.902. The van der Waals surface area contributed by atoms with Crippen LogP contribution in [0.3, 0.4) is 0 Å². The van der Waals surface area contributed by atoms with E-state index < -0.39 is 0 Å². The molecule has 0 radical (unpaired) electrons. The summed E-state index contributed by atoms with van der Waals surface area (Å²) in [5, 5.41) is 10.4. The number of amides is 2. The minimum absolute atomic E-state index is 0.0668. The molecule has 1 aliphatic heterocycles. The molecule has 0 spiro atoms. The topological polar surface area (TPSA) is 88.9 Å². The van der Waals surface area contributed by atoms with E-state index in [4.69, 9.17) is 11.6 Å². The van der Waals surface area contributed by atoms with Gasteiger partial charge in [0.25, 0.3) is 5.95 Å². The Bertz CT molecular complexity index is 782. The standard InChI is InChI=1S/C15H14ClN5O2/c16-10-5-3-8(4-6-10)11-7-12(22)17-15-19-14(20-21(11)15)18-13(23)9-1-2-9/h3-6,9,11H,1-2,7H2,(H2,17,18,19,20,22,23). The van der Waals surface area contributed by atoms with Crippen LogP contribution >= 0.6 is 11.6 Å². The molecule has 0 saturated heterocycles. The van der Waals surface area contributed by atoms with Gasteiger partial charge in [0, 0.05) is 10.9 Å². The van der Waals surface area contributed by atoms with Gasteiger partial charge in [0.15, 0.2) is 0 Å². The van der Waals surface area contributed by atoms with Crippen molar-refractivity contribution in [1.29, 1.82) is 0 Å². The molecule has 118 valence electrons. The molecule has 8 heteroatoms. The van der Waals surface area contributed by atoms with E-state index in [0.717, 1.165) is 18.4 Å². The molecule has 1 atom stereocenters. The van der Waals surface area contributed by atoms with Crippen molar-refractivity contribution in [1.82, 2.24) is 14.8 Å². The number of nitrogens with one attached hydrogen (secondary N) is 2. The Morgan fingerprint density at radius 3 is 2.74 bits per heavy atom. The summed E-state index contributed by atoms with van der Waals surface area (Å²) in [4.78, 5) is 28.0. The van der Waals surface area contributed by atoms with E-state index in [1.54, 1.807) is 16.8 Å². The van der Waals surface area contributed by atoms with Gasteiger partial charge in [-0.1, -0.05) is 23.7 Å². The normalized spacial score (nSPS) is 19.9. The number of halogens is 1. The van der Waals surface area contributed by atoms with Gasteiger partial charge in [-0.15, -0.1) is 5.10 Å². The van der Waals surface area contributed by atoms with Gasteiger partial charge in [0.2, 0.25) is 17.8 Å². The fourth-order valence-electron chi connectivity index (χ4n) is 2.62. The first-order chi connectivity index (χ1) is 11.1. The molecule has 23 heavy (non-hydrogen) atoms. The van der Waals surface area contributed by atoms with Gasteiger partial charge >= 0.3 is 0 Å². The first-order valence-corrected chi connectivity index (χ1v) is 7.80. The molecule has 0 bridgehead atoms. The minimum atomic E-state index is -0.268. The smallest absolute Gasteiger partial charge is 0.250 e. The van der Waals surface area contributed by atoms with Crippen LogP contribution in [0.1, 0.15) is 30.9 Å². The maximum atomic E-state index is 11.9. The zero-order chi connectivity index (χ0) is 16.0. The van der Waals surface area contributed by atoms with E-state index in [1.807, 2.05) is 12.1 Å². The van der Waals surface area contributed by atoms with Crippen LogP contribution in [0.2, 0.25) is 5.02 Å². The predicted octanol–water partition coefficient (Wildman–Crippen LogP) is 2.21. The van der Waals surface area contributed by atoms with Crippen molar-refractivity contribution in [3.8, 4) is 0 Å². The van der Waals surface area contributed by atoms with Gasteiger partial charge in [-0.05, 0) is 30.5 Å². The molecule has 2 aliphatic rings. The summed E-state index contributed by atoms with van der Waals surface area (Å²) in [5.74, 6) is 0.426. The zero-order valence-electron chi connectivity index (χ0n) is 12.1. The molecule has 1 aromatic carbocycles. The molecule has 1 saturated carbocycles. The van der Waals surface area contributed by atoms with Crippen molar-refractivity contribution in [2.45, 2.75) is 25.3 Å². The Hall–Kier alpha value is -2.41. The lowest BCUT2D eigenvalue weighted by molar-refractivity contribution is -0.118. The number of carbonyl (C=O) groups excluding carboxylic acids is 2. The molecule has 1 aromatic heterocycles. The molecule has 1 unspecified atom stereocenters. The minimum Gasteiger partial charge on any atom is -0.295 e. The van der Waals surface area contributed by atoms with Crippen molar-refractivity contribution in [3.05, 3.63) is 34.9 Å². The molecular weight excluding hydrogens is 318 g/mol. The van der Waals surface area contributed by atoms with E-state index >= 15 is 0 Å². The summed E-state index contributed by atoms with van der Waals surface area (Å²) in [6.07, 6.45) is 2.07. The molecular formula is C15H14ClN5O2. The van der Waals surface area contributed by atoms with Crippen LogP contribution in [0.5, 0.6) is 0 Å². The Labute approximate surface area is 137 Å². The van der Waals surface area contributed by atoms with Gasteiger partial charge in [0.1, 0.15) is 0 Å². The van der Waals surface area contributed by atoms with Crippen molar-refractivity contribution in [2.24, 2.45) is 5.92 Å². The van der Waals surface area contributed by atoms with Crippen molar-refractivity contribution >= 4 is 35.3 Å². The number of aromatic nitrogens is 3. The van der Waals surface area contributed by atoms with Crippen LogP contribution in [0.15, 0.2) is 24.3 Å². The third-order valence-corrected chi connectivity index (χ3v) is 4.25. The number of anilines is 2. The van der Waals surface area contributed by atoms with Crippen molar-refractivity contribution in [2.75, 3.05) is 10.6 Å². The molecule has 2 aromatic rings. The van der Waals surface area contributed by atoms with E-state index in [9.17, 15) is 9.59 Å².